The Kier molecular flexibility index (Phi) is 4.29. The van der Waals surface area contributed by atoms with Gasteiger partial charge in [-0.05, 0) is 42.5 Å². The molecule has 4 aromatic rings. The van der Waals surface area contributed by atoms with E-state index in [4.69, 9.17) is 11.6 Å². The minimum atomic E-state index is -0.165. The number of rotatable bonds is 4. The van der Waals surface area contributed by atoms with Gasteiger partial charge in [-0.25, -0.2) is 9.97 Å². The maximum Gasteiger partial charge on any atom is 0.196 e. The van der Waals surface area contributed by atoms with Crippen LogP contribution in [-0.2, 0) is 0 Å². The Morgan fingerprint density at radius 1 is 1.00 bits per heavy atom. The van der Waals surface area contributed by atoms with Gasteiger partial charge >= 0.3 is 0 Å². The van der Waals surface area contributed by atoms with Gasteiger partial charge in [0, 0.05) is 34.6 Å². The number of benzene rings is 2. The van der Waals surface area contributed by atoms with Gasteiger partial charge in [-0.2, -0.15) is 0 Å². The number of ketones is 1. The second kappa shape index (κ2) is 6.90. The number of anilines is 2. The molecular formula is C20H13ClN4O. The normalized spacial score (nSPS) is 10.7. The lowest BCUT2D eigenvalue weighted by Gasteiger charge is -2.10. The quantitative estimate of drug-likeness (QED) is 0.536. The molecule has 0 fully saturated rings. The molecule has 126 valence electrons. The fourth-order valence-corrected chi connectivity index (χ4v) is 2.94. The number of hydrogen-bond acceptors (Lipinski definition) is 5. The molecule has 2 heterocycles. The van der Waals surface area contributed by atoms with Gasteiger partial charge in [-0.1, -0.05) is 23.7 Å². The lowest BCUT2D eigenvalue weighted by Crippen LogP contribution is -2.03. The van der Waals surface area contributed by atoms with E-state index in [1.165, 1.54) is 12.5 Å². The van der Waals surface area contributed by atoms with Crippen LogP contribution in [0, 0.1) is 0 Å². The zero-order chi connectivity index (χ0) is 17.9. The number of halogens is 1. The molecule has 0 aliphatic heterocycles. The number of fused-ring (bicyclic) bond motifs is 1. The fraction of sp³-hybridized carbons (Fsp3) is 0. The van der Waals surface area contributed by atoms with Crippen LogP contribution in [0.1, 0.15) is 15.9 Å². The molecule has 2 aromatic carbocycles. The molecule has 0 radical (unpaired) electrons. The van der Waals surface area contributed by atoms with Crippen LogP contribution in [0.2, 0.25) is 5.02 Å². The van der Waals surface area contributed by atoms with Crippen LogP contribution in [0.15, 0.2) is 73.3 Å². The van der Waals surface area contributed by atoms with Gasteiger partial charge in [-0.3, -0.25) is 9.78 Å². The first kappa shape index (κ1) is 16.2. The molecule has 0 atom stereocenters. The Hall–Kier alpha value is -3.31. The summed E-state index contributed by atoms with van der Waals surface area (Å²) in [6.45, 7) is 0. The number of aromatic nitrogens is 3. The van der Waals surface area contributed by atoms with Crippen molar-refractivity contribution in [3.63, 3.8) is 0 Å². The molecule has 0 bridgehead atoms. The Labute approximate surface area is 154 Å². The SMILES string of the molecule is O=C(c1cccnc1)c1ccc(Nc2ncnc3ccccc23)cc1Cl. The number of pyridine rings is 1. The van der Waals surface area contributed by atoms with Crippen molar-refractivity contribution in [2.24, 2.45) is 0 Å². The molecule has 0 saturated carbocycles. The largest absolute Gasteiger partial charge is 0.340 e. The highest BCUT2D eigenvalue weighted by Crippen LogP contribution is 2.27. The summed E-state index contributed by atoms with van der Waals surface area (Å²) < 4.78 is 0. The van der Waals surface area contributed by atoms with Crippen LogP contribution in [0.3, 0.4) is 0 Å². The molecule has 6 heteroatoms. The summed E-state index contributed by atoms with van der Waals surface area (Å²) in [6, 6.07) is 16.4. The highest BCUT2D eigenvalue weighted by molar-refractivity contribution is 6.35. The van der Waals surface area contributed by atoms with Crippen molar-refractivity contribution in [1.29, 1.82) is 0 Å². The smallest absolute Gasteiger partial charge is 0.196 e. The molecule has 5 nitrogen and oxygen atoms in total. The summed E-state index contributed by atoms with van der Waals surface area (Å²) in [5.41, 5.74) is 2.51. The van der Waals surface area contributed by atoms with Crippen molar-refractivity contribution >= 4 is 39.8 Å². The van der Waals surface area contributed by atoms with E-state index in [1.807, 2.05) is 24.3 Å². The van der Waals surface area contributed by atoms with E-state index in [-0.39, 0.29) is 5.78 Å². The van der Waals surface area contributed by atoms with Crippen LogP contribution >= 0.6 is 11.6 Å². The summed E-state index contributed by atoms with van der Waals surface area (Å²) in [6.07, 6.45) is 4.65. The Balaban J connectivity index is 1.65. The second-order valence-electron chi connectivity index (χ2n) is 5.63. The number of carbonyl (C=O) groups excluding carboxylic acids is 1. The Bertz CT molecular complexity index is 1090. The zero-order valence-corrected chi connectivity index (χ0v) is 14.3. The van der Waals surface area contributed by atoms with Crippen LogP contribution in [0.25, 0.3) is 10.9 Å². The zero-order valence-electron chi connectivity index (χ0n) is 13.6. The van der Waals surface area contributed by atoms with Crippen molar-refractivity contribution in [3.8, 4) is 0 Å². The molecule has 0 saturated heterocycles. The average molecular weight is 361 g/mol. The number of carbonyl (C=O) groups is 1. The molecule has 0 aliphatic rings. The number of nitrogens with one attached hydrogen (secondary N) is 1. The maximum atomic E-state index is 12.5. The number of para-hydroxylation sites is 1. The third-order valence-electron chi connectivity index (χ3n) is 3.94. The monoisotopic (exact) mass is 360 g/mol. The number of nitrogens with zero attached hydrogens (tertiary/aromatic N) is 3. The van der Waals surface area contributed by atoms with Gasteiger partial charge in [-0.15, -0.1) is 0 Å². The minimum Gasteiger partial charge on any atom is -0.340 e. The molecule has 2 aromatic heterocycles. The standard InChI is InChI=1S/C20H13ClN4O/c21-17-10-14(7-8-15(17)19(26)13-4-3-9-22-11-13)25-20-16-5-1-2-6-18(16)23-12-24-20/h1-12H,(H,23,24,25). The third-order valence-corrected chi connectivity index (χ3v) is 4.26. The predicted octanol–water partition coefficient (Wildman–Crippen LogP) is 4.65. The first-order chi connectivity index (χ1) is 12.7. The summed E-state index contributed by atoms with van der Waals surface area (Å²) in [4.78, 5) is 25.1. The Morgan fingerprint density at radius 3 is 2.69 bits per heavy atom. The highest BCUT2D eigenvalue weighted by atomic mass is 35.5. The third kappa shape index (κ3) is 3.12. The van der Waals surface area contributed by atoms with Gasteiger partial charge in [0.1, 0.15) is 12.1 Å². The van der Waals surface area contributed by atoms with Gasteiger partial charge in [0.2, 0.25) is 0 Å². The van der Waals surface area contributed by atoms with E-state index in [1.54, 1.807) is 36.5 Å². The fourth-order valence-electron chi connectivity index (χ4n) is 2.67. The predicted molar refractivity (Wildman–Crippen MR) is 102 cm³/mol. The second-order valence-corrected chi connectivity index (χ2v) is 6.04. The first-order valence-corrected chi connectivity index (χ1v) is 8.31. The van der Waals surface area contributed by atoms with E-state index in [0.29, 0.717) is 22.0 Å². The molecular weight excluding hydrogens is 348 g/mol. The van der Waals surface area contributed by atoms with Crippen molar-refractivity contribution in [2.45, 2.75) is 0 Å². The van der Waals surface area contributed by atoms with Gasteiger partial charge in [0.05, 0.1) is 10.5 Å². The molecule has 0 amide bonds. The topological polar surface area (TPSA) is 67.8 Å². The maximum absolute atomic E-state index is 12.5. The van der Waals surface area contributed by atoms with Crippen LogP contribution in [0.5, 0.6) is 0 Å². The van der Waals surface area contributed by atoms with Gasteiger partial charge in [0.25, 0.3) is 0 Å². The summed E-state index contributed by atoms with van der Waals surface area (Å²) in [7, 11) is 0. The molecule has 0 unspecified atom stereocenters. The van der Waals surface area contributed by atoms with Crippen molar-refractivity contribution in [1.82, 2.24) is 15.0 Å². The molecule has 1 N–H and O–H groups in total. The molecule has 4 rings (SSSR count). The van der Waals surface area contributed by atoms with Gasteiger partial charge in [0.15, 0.2) is 5.78 Å². The molecule has 0 spiro atoms. The van der Waals surface area contributed by atoms with E-state index in [0.717, 1.165) is 16.6 Å². The highest BCUT2D eigenvalue weighted by Gasteiger charge is 2.14. The Morgan fingerprint density at radius 2 is 1.88 bits per heavy atom. The van der Waals surface area contributed by atoms with E-state index in [9.17, 15) is 4.79 Å². The van der Waals surface area contributed by atoms with E-state index in [2.05, 4.69) is 20.3 Å². The summed E-state index contributed by atoms with van der Waals surface area (Å²) in [5, 5.41) is 4.50. The lowest BCUT2D eigenvalue weighted by molar-refractivity contribution is 0.103. The van der Waals surface area contributed by atoms with E-state index < -0.39 is 0 Å². The average Bonchev–Trinajstić information content (AvgIpc) is 2.69. The van der Waals surface area contributed by atoms with Crippen molar-refractivity contribution in [2.75, 3.05) is 5.32 Å². The lowest BCUT2D eigenvalue weighted by atomic mass is 10.0. The number of hydrogen-bond donors (Lipinski definition) is 1. The molecule has 26 heavy (non-hydrogen) atoms. The minimum absolute atomic E-state index is 0.165. The molecule has 0 aliphatic carbocycles. The van der Waals surface area contributed by atoms with Crippen molar-refractivity contribution in [3.05, 3.63) is 89.5 Å². The summed E-state index contributed by atoms with van der Waals surface area (Å²) >= 11 is 6.34. The first-order valence-electron chi connectivity index (χ1n) is 7.93. The van der Waals surface area contributed by atoms with Crippen molar-refractivity contribution < 1.29 is 4.79 Å². The van der Waals surface area contributed by atoms with Crippen LogP contribution in [0.4, 0.5) is 11.5 Å². The van der Waals surface area contributed by atoms with E-state index >= 15 is 0 Å². The van der Waals surface area contributed by atoms with Crippen LogP contribution in [-0.4, -0.2) is 20.7 Å². The van der Waals surface area contributed by atoms with Gasteiger partial charge < -0.3 is 5.32 Å². The van der Waals surface area contributed by atoms with Crippen LogP contribution < -0.4 is 5.32 Å². The summed E-state index contributed by atoms with van der Waals surface area (Å²) in [5.74, 6) is 0.514.